The summed E-state index contributed by atoms with van der Waals surface area (Å²) in [4.78, 5) is 23.9. The molecule has 0 spiro atoms. The fraction of sp³-hybridized carbons (Fsp3) is 0.688. The molecule has 2 fully saturated rings. The number of ether oxygens (including phenoxy) is 1. The predicted octanol–water partition coefficient (Wildman–Crippen LogP) is 1.04. The summed E-state index contributed by atoms with van der Waals surface area (Å²) in [6, 6.07) is 0. The van der Waals surface area contributed by atoms with Crippen LogP contribution in [-0.4, -0.2) is 54.8 Å². The molecule has 2 aliphatic heterocycles. The summed E-state index contributed by atoms with van der Waals surface area (Å²) in [5.74, 6) is 2.13. The largest absolute Gasteiger partial charge is 0.374 e. The second kappa shape index (κ2) is 8.49. The molecule has 1 aromatic heterocycles. The molecule has 1 aromatic rings. The number of nitrogens with two attached hydrogens (primary N) is 1. The first-order chi connectivity index (χ1) is 11.3. The minimum atomic E-state index is -0.0661. The SMILES string of the molecule is Cl.Cl.NCCC1CN(c2nc(C3CC3)nc3c2CCNC3=O)CCO1. The highest BCUT2D eigenvalue weighted by Gasteiger charge is 2.33. The molecule has 1 amide bonds. The molecule has 9 heteroatoms. The molecule has 1 saturated carbocycles. The zero-order valence-electron chi connectivity index (χ0n) is 14.1. The lowest BCUT2D eigenvalue weighted by atomic mass is 10.0. The monoisotopic (exact) mass is 389 g/mol. The number of fused-ring (bicyclic) bond motifs is 1. The van der Waals surface area contributed by atoms with Crippen molar-refractivity contribution in [2.45, 2.75) is 37.7 Å². The van der Waals surface area contributed by atoms with Gasteiger partial charge in [0.2, 0.25) is 0 Å². The van der Waals surface area contributed by atoms with Crippen LogP contribution >= 0.6 is 24.8 Å². The Hall–Kier alpha value is -1.15. The van der Waals surface area contributed by atoms with Crippen LogP contribution in [0.1, 0.15) is 47.1 Å². The van der Waals surface area contributed by atoms with E-state index < -0.39 is 0 Å². The number of amides is 1. The van der Waals surface area contributed by atoms with E-state index in [1.807, 2.05) is 0 Å². The van der Waals surface area contributed by atoms with Gasteiger partial charge in [0.25, 0.3) is 5.91 Å². The lowest BCUT2D eigenvalue weighted by Gasteiger charge is -2.35. The van der Waals surface area contributed by atoms with Gasteiger partial charge in [-0.2, -0.15) is 0 Å². The van der Waals surface area contributed by atoms with Gasteiger partial charge in [-0.25, -0.2) is 9.97 Å². The maximum absolute atomic E-state index is 12.2. The van der Waals surface area contributed by atoms with Crippen molar-refractivity contribution in [1.29, 1.82) is 0 Å². The van der Waals surface area contributed by atoms with Gasteiger partial charge >= 0.3 is 0 Å². The molecule has 1 saturated heterocycles. The van der Waals surface area contributed by atoms with Crippen molar-refractivity contribution in [2.75, 3.05) is 37.7 Å². The van der Waals surface area contributed by atoms with Crippen LogP contribution < -0.4 is 16.0 Å². The number of morpholine rings is 1. The lowest BCUT2D eigenvalue weighted by Crippen LogP contribution is -2.45. The molecular formula is C16H25Cl2N5O2. The highest BCUT2D eigenvalue weighted by Crippen LogP contribution is 2.40. The Kier molecular flexibility index (Phi) is 6.85. The number of nitrogens with zero attached hydrogens (tertiary/aromatic N) is 3. The second-order valence-corrected chi connectivity index (χ2v) is 6.53. The van der Waals surface area contributed by atoms with Gasteiger partial charge in [0, 0.05) is 31.1 Å². The van der Waals surface area contributed by atoms with E-state index in [9.17, 15) is 4.79 Å². The number of carbonyl (C=O) groups is 1. The predicted molar refractivity (Wildman–Crippen MR) is 100 cm³/mol. The average Bonchev–Trinajstić information content (AvgIpc) is 3.40. The number of anilines is 1. The topological polar surface area (TPSA) is 93.4 Å². The van der Waals surface area contributed by atoms with E-state index in [4.69, 9.17) is 15.5 Å². The van der Waals surface area contributed by atoms with Crippen LogP contribution in [0.5, 0.6) is 0 Å². The van der Waals surface area contributed by atoms with Gasteiger partial charge in [-0.05, 0) is 32.2 Å². The van der Waals surface area contributed by atoms with Gasteiger partial charge in [-0.3, -0.25) is 4.79 Å². The second-order valence-electron chi connectivity index (χ2n) is 6.53. The van der Waals surface area contributed by atoms with Crippen molar-refractivity contribution < 1.29 is 9.53 Å². The van der Waals surface area contributed by atoms with E-state index >= 15 is 0 Å². The van der Waals surface area contributed by atoms with Crippen LogP contribution in [0.4, 0.5) is 5.82 Å². The number of carbonyl (C=O) groups excluding carboxylic acids is 1. The highest BCUT2D eigenvalue weighted by atomic mass is 35.5. The molecule has 140 valence electrons. The standard InChI is InChI=1S/C16H23N5O2.2ClH/c17-5-3-11-9-21(7-8-23-11)15-12-4-6-18-16(22)13(12)19-14(20-15)10-1-2-10;;/h10-11H,1-9,17H2,(H,18,22);2*1H. The molecule has 0 radical (unpaired) electrons. The molecule has 1 atom stereocenters. The smallest absolute Gasteiger partial charge is 0.270 e. The molecule has 3 N–H and O–H groups in total. The van der Waals surface area contributed by atoms with Gasteiger partial charge in [-0.15, -0.1) is 24.8 Å². The number of aromatic nitrogens is 2. The minimum Gasteiger partial charge on any atom is -0.374 e. The summed E-state index contributed by atoms with van der Waals surface area (Å²) in [6.45, 7) is 3.54. The zero-order valence-corrected chi connectivity index (χ0v) is 15.7. The molecule has 3 aliphatic rings. The zero-order chi connectivity index (χ0) is 15.8. The van der Waals surface area contributed by atoms with Crippen LogP contribution in [0.15, 0.2) is 0 Å². The van der Waals surface area contributed by atoms with E-state index in [1.165, 1.54) is 0 Å². The summed E-state index contributed by atoms with van der Waals surface area (Å²) in [6.07, 6.45) is 4.03. The van der Waals surface area contributed by atoms with Crippen LogP contribution in [0.3, 0.4) is 0 Å². The first-order valence-electron chi connectivity index (χ1n) is 8.52. The highest BCUT2D eigenvalue weighted by molar-refractivity contribution is 5.96. The Balaban J connectivity index is 0.00000113. The minimum absolute atomic E-state index is 0. The fourth-order valence-corrected chi connectivity index (χ4v) is 3.35. The molecule has 7 nitrogen and oxygen atoms in total. The summed E-state index contributed by atoms with van der Waals surface area (Å²) >= 11 is 0. The third-order valence-corrected chi connectivity index (χ3v) is 4.75. The van der Waals surface area contributed by atoms with E-state index in [0.717, 1.165) is 56.0 Å². The van der Waals surface area contributed by atoms with Crippen LogP contribution in [-0.2, 0) is 11.2 Å². The summed E-state index contributed by atoms with van der Waals surface area (Å²) in [7, 11) is 0. The molecule has 1 aliphatic carbocycles. The van der Waals surface area contributed by atoms with Gasteiger partial charge in [-0.1, -0.05) is 0 Å². The Bertz CT molecular complexity index is 625. The van der Waals surface area contributed by atoms with Gasteiger partial charge < -0.3 is 20.7 Å². The van der Waals surface area contributed by atoms with E-state index in [-0.39, 0.29) is 36.8 Å². The van der Waals surface area contributed by atoms with Crippen LogP contribution in [0.2, 0.25) is 0 Å². The summed E-state index contributed by atoms with van der Waals surface area (Å²) in [5, 5.41) is 2.90. The number of rotatable bonds is 4. The summed E-state index contributed by atoms with van der Waals surface area (Å²) in [5.41, 5.74) is 7.23. The molecule has 0 aromatic carbocycles. The molecular weight excluding hydrogens is 365 g/mol. The Morgan fingerprint density at radius 2 is 2.08 bits per heavy atom. The van der Waals surface area contributed by atoms with Gasteiger partial charge in [0.1, 0.15) is 17.3 Å². The Morgan fingerprint density at radius 1 is 1.28 bits per heavy atom. The molecule has 3 heterocycles. The molecule has 4 rings (SSSR count). The quantitative estimate of drug-likeness (QED) is 0.798. The maximum Gasteiger partial charge on any atom is 0.270 e. The average molecular weight is 390 g/mol. The van der Waals surface area contributed by atoms with E-state index in [1.54, 1.807) is 0 Å². The van der Waals surface area contributed by atoms with Crippen molar-refractivity contribution in [3.05, 3.63) is 17.1 Å². The third kappa shape index (κ3) is 4.16. The Morgan fingerprint density at radius 3 is 2.80 bits per heavy atom. The van der Waals surface area contributed by atoms with E-state index in [2.05, 4.69) is 15.2 Å². The molecule has 25 heavy (non-hydrogen) atoms. The first kappa shape index (κ1) is 20.2. The van der Waals surface area contributed by atoms with Crippen molar-refractivity contribution in [2.24, 2.45) is 5.73 Å². The first-order valence-corrected chi connectivity index (χ1v) is 8.52. The number of hydrogen-bond acceptors (Lipinski definition) is 6. The molecule has 0 bridgehead atoms. The van der Waals surface area contributed by atoms with Crippen molar-refractivity contribution in [1.82, 2.24) is 15.3 Å². The normalized spacial score (nSPS) is 22.4. The van der Waals surface area contributed by atoms with Gasteiger partial charge in [0.05, 0.1) is 12.7 Å². The van der Waals surface area contributed by atoms with Crippen molar-refractivity contribution >= 4 is 36.5 Å². The fourth-order valence-electron chi connectivity index (χ4n) is 3.35. The lowest BCUT2D eigenvalue weighted by molar-refractivity contribution is 0.0365. The summed E-state index contributed by atoms with van der Waals surface area (Å²) < 4.78 is 5.78. The van der Waals surface area contributed by atoms with Gasteiger partial charge in [0.15, 0.2) is 0 Å². The number of nitrogens with one attached hydrogen (secondary N) is 1. The Labute approximate surface area is 159 Å². The van der Waals surface area contributed by atoms with E-state index in [0.29, 0.717) is 31.3 Å². The maximum atomic E-state index is 12.2. The van der Waals surface area contributed by atoms with Crippen molar-refractivity contribution in [3.8, 4) is 0 Å². The van der Waals surface area contributed by atoms with Crippen LogP contribution in [0, 0.1) is 0 Å². The third-order valence-electron chi connectivity index (χ3n) is 4.75. The number of halogens is 2. The van der Waals surface area contributed by atoms with Crippen LogP contribution in [0.25, 0.3) is 0 Å². The molecule has 1 unspecified atom stereocenters. The van der Waals surface area contributed by atoms with Crippen molar-refractivity contribution in [3.63, 3.8) is 0 Å². The number of hydrogen-bond donors (Lipinski definition) is 2.